The molecule has 1 aromatic carbocycles. The summed E-state index contributed by atoms with van der Waals surface area (Å²) in [5.74, 6) is 0. The Morgan fingerprint density at radius 2 is 1.78 bits per heavy atom. The van der Waals surface area contributed by atoms with Crippen molar-refractivity contribution in [3.63, 3.8) is 0 Å². The molecule has 0 heterocycles. The van der Waals surface area contributed by atoms with E-state index in [0.717, 1.165) is 38.6 Å². The molecule has 0 amide bonds. The topological polar surface area (TPSA) is 58.3 Å². The van der Waals surface area contributed by atoms with Gasteiger partial charge < -0.3 is 16.2 Å². The van der Waals surface area contributed by atoms with Crippen molar-refractivity contribution in [2.24, 2.45) is 5.73 Å². The van der Waals surface area contributed by atoms with E-state index in [0.29, 0.717) is 13.2 Å². The maximum absolute atomic E-state index is 8.75. The van der Waals surface area contributed by atoms with Crippen LogP contribution in [0.4, 0.5) is 0 Å². The van der Waals surface area contributed by atoms with Gasteiger partial charge in [0.1, 0.15) is 0 Å². The Balaban J connectivity index is 1.86. The van der Waals surface area contributed by atoms with Crippen molar-refractivity contribution in [1.29, 1.82) is 0 Å². The third-order valence-corrected chi connectivity index (χ3v) is 3.90. The molecule has 1 aliphatic carbocycles. The molecule has 0 radical (unpaired) electrons. The van der Waals surface area contributed by atoms with E-state index in [1.165, 1.54) is 11.1 Å². The summed E-state index contributed by atoms with van der Waals surface area (Å²) in [6.07, 6.45) is 5.17. The zero-order valence-corrected chi connectivity index (χ0v) is 11.0. The SMILES string of the molecule is NCC1(NCCCCCO)Cc2ccccc2C1. The highest BCUT2D eigenvalue weighted by Crippen LogP contribution is 2.29. The molecule has 3 heteroatoms. The van der Waals surface area contributed by atoms with Crippen LogP contribution in [0.1, 0.15) is 30.4 Å². The highest BCUT2D eigenvalue weighted by molar-refractivity contribution is 5.36. The lowest BCUT2D eigenvalue weighted by atomic mass is 9.95. The van der Waals surface area contributed by atoms with Gasteiger partial charge in [0.05, 0.1) is 0 Å². The van der Waals surface area contributed by atoms with Crippen LogP contribution in [0, 0.1) is 0 Å². The van der Waals surface area contributed by atoms with E-state index in [9.17, 15) is 0 Å². The van der Waals surface area contributed by atoms with Crippen molar-refractivity contribution < 1.29 is 5.11 Å². The normalized spacial score (nSPS) is 16.8. The third-order valence-electron chi connectivity index (χ3n) is 3.90. The second-order valence-corrected chi connectivity index (χ2v) is 5.32. The van der Waals surface area contributed by atoms with Crippen LogP contribution in [0.5, 0.6) is 0 Å². The van der Waals surface area contributed by atoms with Crippen molar-refractivity contribution in [3.8, 4) is 0 Å². The molecule has 18 heavy (non-hydrogen) atoms. The number of aliphatic hydroxyl groups is 1. The van der Waals surface area contributed by atoms with Crippen LogP contribution in [0.25, 0.3) is 0 Å². The van der Waals surface area contributed by atoms with Gasteiger partial charge in [-0.3, -0.25) is 0 Å². The second kappa shape index (κ2) is 6.32. The van der Waals surface area contributed by atoms with Crippen molar-refractivity contribution in [2.75, 3.05) is 19.7 Å². The molecule has 3 nitrogen and oxygen atoms in total. The predicted molar refractivity (Wildman–Crippen MR) is 74.6 cm³/mol. The summed E-state index contributed by atoms with van der Waals surface area (Å²) in [4.78, 5) is 0. The molecule has 0 saturated heterocycles. The summed E-state index contributed by atoms with van der Waals surface area (Å²) in [6.45, 7) is 1.97. The molecule has 0 fully saturated rings. The molecular formula is C15H24N2O. The van der Waals surface area contributed by atoms with Gasteiger partial charge in [-0.15, -0.1) is 0 Å². The van der Waals surface area contributed by atoms with Gasteiger partial charge in [0, 0.05) is 18.7 Å². The average Bonchev–Trinajstić information content (AvgIpc) is 2.77. The number of unbranched alkanes of at least 4 members (excludes halogenated alkanes) is 2. The Morgan fingerprint density at radius 1 is 1.11 bits per heavy atom. The number of hydrogen-bond acceptors (Lipinski definition) is 3. The van der Waals surface area contributed by atoms with E-state index in [4.69, 9.17) is 10.8 Å². The fourth-order valence-electron chi connectivity index (χ4n) is 2.80. The van der Waals surface area contributed by atoms with Gasteiger partial charge in [-0.05, 0) is 49.8 Å². The maximum Gasteiger partial charge on any atom is 0.0431 e. The Kier molecular flexibility index (Phi) is 4.75. The fourth-order valence-corrected chi connectivity index (χ4v) is 2.80. The molecule has 100 valence electrons. The van der Waals surface area contributed by atoms with Gasteiger partial charge in [0.15, 0.2) is 0 Å². The van der Waals surface area contributed by atoms with Gasteiger partial charge in [0.25, 0.3) is 0 Å². The molecule has 0 atom stereocenters. The Hall–Kier alpha value is -0.900. The van der Waals surface area contributed by atoms with E-state index in [-0.39, 0.29) is 5.54 Å². The Morgan fingerprint density at radius 3 is 2.33 bits per heavy atom. The van der Waals surface area contributed by atoms with Crippen LogP contribution in [0.2, 0.25) is 0 Å². The summed E-state index contributed by atoms with van der Waals surface area (Å²) < 4.78 is 0. The lowest BCUT2D eigenvalue weighted by Gasteiger charge is -2.29. The summed E-state index contributed by atoms with van der Waals surface area (Å²) in [5.41, 5.74) is 8.92. The third kappa shape index (κ3) is 3.10. The summed E-state index contributed by atoms with van der Waals surface area (Å²) in [5, 5.41) is 12.4. The first-order chi connectivity index (χ1) is 8.79. The molecule has 0 saturated carbocycles. The van der Waals surface area contributed by atoms with Crippen LogP contribution >= 0.6 is 0 Å². The Labute approximate surface area is 109 Å². The molecule has 0 bridgehead atoms. The first kappa shape index (κ1) is 13.5. The average molecular weight is 248 g/mol. The van der Waals surface area contributed by atoms with E-state index in [1.54, 1.807) is 0 Å². The van der Waals surface area contributed by atoms with Crippen LogP contribution in [-0.2, 0) is 12.8 Å². The predicted octanol–water partition coefficient (Wildman–Crippen LogP) is 1.23. The smallest absolute Gasteiger partial charge is 0.0431 e. The number of nitrogens with two attached hydrogens (primary N) is 1. The molecule has 4 N–H and O–H groups in total. The number of aliphatic hydroxyl groups excluding tert-OH is 1. The Bertz CT molecular complexity index is 354. The zero-order chi connectivity index (χ0) is 12.8. The fraction of sp³-hybridized carbons (Fsp3) is 0.600. The van der Waals surface area contributed by atoms with Crippen LogP contribution in [-0.4, -0.2) is 30.3 Å². The summed E-state index contributed by atoms with van der Waals surface area (Å²) in [7, 11) is 0. The number of hydrogen-bond donors (Lipinski definition) is 3. The number of rotatable bonds is 7. The first-order valence-electron chi connectivity index (χ1n) is 6.92. The van der Waals surface area contributed by atoms with Gasteiger partial charge in [-0.25, -0.2) is 0 Å². The molecule has 1 aromatic rings. The van der Waals surface area contributed by atoms with Gasteiger partial charge in [-0.1, -0.05) is 24.3 Å². The molecule has 0 aromatic heterocycles. The zero-order valence-electron chi connectivity index (χ0n) is 11.0. The lowest BCUT2D eigenvalue weighted by molar-refractivity contribution is 0.279. The van der Waals surface area contributed by atoms with Crippen molar-refractivity contribution >= 4 is 0 Å². The van der Waals surface area contributed by atoms with Crippen molar-refractivity contribution in [2.45, 2.75) is 37.6 Å². The minimum Gasteiger partial charge on any atom is -0.396 e. The van der Waals surface area contributed by atoms with Crippen molar-refractivity contribution in [3.05, 3.63) is 35.4 Å². The largest absolute Gasteiger partial charge is 0.396 e. The molecule has 2 rings (SSSR count). The van der Waals surface area contributed by atoms with E-state index in [1.807, 2.05) is 0 Å². The molecular weight excluding hydrogens is 224 g/mol. The summed E-state index contributed by atoms with van der Waals surface area (Å²) >= 11 is 0. The van der Waals surface area contributed by atoms with E-state index >= 15 is 0 Å². The molecule has 0 unspecified atom stereocenters. The van der Waals surface area contributed by atoms with Crippen LogP contribution < -0.4 is 11.1 Å². The quantitative estimate of drug-likeness (QED) is 0.636. The summed E-state index contributed by atoms with van der Waals surface area (Å²) in [6, 6.07) is 8.62. The first-order valence-corrected chi connectivity index (χ1v) is 6.92. The maximum atomic E-state index is 8.75. The molecule has 0 spiro atoms. The van der Waals surface area contributed by atoms with Gasteiger partial charge in [-0.2, -0.15) is 0 Å². The van der Waals surface area contributed by atoms with Crippen LogP contribution in [0.15, 0.2) is 24.3 Å². The lowest BCUT2D eigenvalue weighted by Crippen LogP contribution is -2.52. The molecule has 1 aliphatic rings. The monoisotopic (exact) mass is 248 g/mol. The number of fused-ring (bicyclic) bond motifs is 1. The van der Waals surface area contributed by atoms with Crippen molar-refractivity contribution in [1.82, 2.24) is 5.32 Å². The number of nitrogens with one attached hydrogen (secondary N) is 1. The minimum absolute atomic E-state index is 0.0584. The number of benzene rings is 1. The second-order valence-electron chi connectivity index (χ2n) is 5.32. The van der Waals surface area contributed by atoms with Gasteiger partial charge >= 0.3 is 0 Å². The highest BCUT2D eigenvalue weighted by Gasteiger charge is 2.34. The minimum atomic E-state index is 0.0584. The van der Waals surface area contributed by atoms with E-state index < -0.39 is 0 Å². The van der Waals surface area contributed by atoms with E-state index in [2.05, 4.69) is 29.6 Å². The highest BCUT2D eigenvalue weighted by atomic mass is 16.2. The van der Waals surface area contributed by atoms with Crippen LogP contribution in [0.3, 0.4) is 0 Å². The van der Waals surface area contributed by atoms with Gasteiger partial charge in [0.2, 0.25) is 0 Å². The standard InChI is InChI=1S/C15H24N2O/c16-12-15(17-8-4-1-5-9-18)10-13-6-2-3-7-14(13)11-15/h2-3,6-7,17-18H,1,4-5,8-12,16H2. The molecule has 0 aliphatic heterocycles.